The number of amides is 1. The van der Waals surface area contributed by atoms with Crippen molar-refractivity contribution in [2.24, 2.45) is 0 Å². The van der Waals surface area contributed by atoms with Crippen LogP contribution in [0.15, 0.2) is 58.7 Å². The second-order valence-electron chi connectivity index (χ2n) is 7.46. The first-order valence-electron chi connectivity index (χ1n) is 10.0. The molecule has 2 aromatic heterocycles. The smallest absolute Gasteiger partial charge is 0.252 e. The van der Waals surface area contributed by atoms with Crippen molar-refractivity contribution < 1.29 is 4.79 Å². The Morgan fingerprint density at radius 3 is 2.61 bits per heavy atom. The fraction of sp³-hybridized carbons (Fsp3) is 0.208. The van der Waals surface area contributed by atoms with Gasteiger partial charge in [-0.1, -0.05) is 48.9 Å². The fourth-order valence-electron chi connectivity index (χ4n) is 3.81. The maximum Gasteiger partial charge on any atom is 0.252 e. The minimum atomic E-state index is -0.639. The lowest BCUT2D eigenvalue weighted by Gasteiger charge is -2.21. The summed E-state index contributed by atoms with van der Waals surface area (Å²) in [6.45, 7) is 5.78. The average molecular weight is 452 g/mol. The number of hydrogen-bond donors (Lipinski definition) is 1. The molecule has 0 bridgehead atoms. The molecule has 1 amide bonds. The predicted octanol–water partition coefficient (Wildman–Crippen LogP) is 5.99. The summed E-state index contributed by atoms with van der Waals surface area (Å²) in [4.78, 5) is 30.7. The van der Waals surface area contributed by atoms with Crippen molar-refractivity contribution in [3.63, 3.8) is 0 Å². The molecule has 2 heterocycles. The first kappa shape index (κ1) is 21.3. The monoisotopic (exact) mass is 451 g/mol. The summed E-state index contributed by atoms with van der Waals surface area (Å²) < 4.78 is 1.61. The third-order valence-electron chi connectivity index (χ3n) is 5.36. The molecule has 0 aliphatic carbocycles. The quantitative estimate of drug-likeness (QED) is 0.405. The lowest BCUT2D eigenvalue weighted by Crippen LogP contribution is -2.33. The van der Waals surface area contributed by atoms with E-state index in [9.17, 15) is 9.59 Å². The molecule has 0 aliphatic rings. The molecule has 0 fully saturated rings. The number of pyridine rings is 1. The van der Waals surface area contributed by atoms with E-state index in [0.29, 0.717) is 16.6 Å². The Morgan fingerprint density at radius 1 is 1.16 bits per heavy atom. The first-order chi connectivity index (χ1) is 14.9. The zero-order valence-corrected chi connectivity index (χ0v) is 19.1. The molecule has 0 spiro atoms. The Balaban J connectivity index is 1.68. The maximum absolute atomic E-state index is 13.2. The van der Waals surface area contributed by atoms with E-state index < -0.39 is 6.04 Å². The van der Waals surface area contributed by atoms with E-state index in [1.165, 1.54) is 11.3 Å². The van der Waals surface area contributed by atoms with Crippen molar-refractivity contribution in [2.75, 3.05) is 5.32 Å². The van der Waals surface area contributed by atoms with E-state index in [-0.39, 0.29) is 11.5 Å². The van der Waals surface area contributed by atoms with Crippen LogP contribution in [0.25, 0.3) is 22.2 Å². The summed E-state index contributed by atoms with van der Waals surface area (Å²) in [5, 5.41) is 6.92. The third kappa shape index (κ3) is 4.13. The van der Waals surface area contributed by atoms with Crippen molar-refractivity contribution in [2.45, 2.75) is 33.2 Å². The van der Waals surface area contributed by atoms with Crippen molar-refractivity contribution in [3.8, 4) is 11.3 Å². The van der Waals surface area contributed by atoms with Gasteiger partial charge in [0.25, 0.3) is 5.56 Å². The number of carbonyl (C=O) groups excluding carboxylic acids is 1. The number of para-hydroxylation sites is 1. The van der Waals surface area contributed by atoms with Gasteiger partial charge in [0.1, 0.15) is 6.04 Å². The highest BCUT2D eigenvalue weighted by Gasteiger charge is 2.24. The molecule has 5 nitrogen and oxygen atoms in total. The average Bonchev–Trinajstić information content (AvgIpc) is 3.20. The maximum atomic E-state index is 13.2. The van der Waals surface area contributed by atoms with Gasteiger partial charge in [0, 0.05) is 27.4 Å². The molecule has 7 heteroatoms. The van der Waals surface area contributed by atoms with E-state index in [1.807, 2.05) is 56.5 Å². The van der Waals surface area contributed by atoms with Gasteiger partial charge in [0.05, 0.1) is 11.2 Å². The Bertz CT molecular complexity index is 1330. The lowest BCUT2D eigenvalue weighted by atomic mass is 10.0. The standard InChI is InChI=1S/C24H22ClN3O2S/c1-4-20(28-21(29)12-15(3)18-7-5-6-14(2)22(18)28)23(30)27-24-26-19(13-31-24)16-8-10-17(25)11-9-16/h5-13,20H,4H2,1-3H3,(H,26,27,30). The van der Waals surface area contributed by atoms with E-state index in [4.69, 9.17) is 11.6 Å². The van der Waals surface area contributed by atoms with Crippen LogP contribution in [0.2, 0.25) is 5.02 Å². The van der Waals surface area contributed by atoms with Crippen LogP contribution in [0, 0.1) is 13.8 Å². The van der Waals surface area contributed by atoms with Crippen LogP contribution < -0.4 is 10.9 Å². The normalized spacial score (nSPS) is 12.1. The van der Waals surface area contributed by atoms with E-state index >= 15 is 0 Å². The molecule has 0 saturated heterocycles. The zero-order chi connectivity index (χ0) is 22.1. The van der Waals surface area contributed by atoms with Gasteiger partial charge in [0.2, 0.25) is 5.91 Å². The van der Waals surface area contributed by atoms with Gasteiger partial charge in [0.15, 0.2) is 5.13 Å². The van der Waals surface area contributed by atoms with Gasteiger partial charge in [-0.25, -0.2) is 4.98 Å². The number of benzene rings is 2. The summed E-state index contributed by atoms with van der Waals surface area (Å²) in [5.41, 5.74) is 4.17. The largest absolute Gasteiger partial charge is 0.300 e. The van der Waals surface area contributed by atoms with E-state index in [2.05, 4.69) is 10.3 Å². The Hall–Kier alpha value is -2.96. The molecule has 0 radical (unpaired) electrons. The number of nitrogens with zero attached hydrogens (tertiary/aromatic N) is 2. The van der Waals surface area contributed by atoms with Crippen molar-refractivity contribution in [1.29, 1.82) is 0 Å². The molecule has 1 unspecified atom stereocenters. The molecule has 31 heavy (non-hydrogen) atoms. The minimum absolute atomic E-state index is 0.178. The minimum Gasteiger partial charge on any atom is -0.300 e. The molecule has 4 aromatic rings. The van der Waals surface area contributed by atoms with Gasteiger partial charge in [-0.2, -0.15) is 0 Å². The van der Waals surface area contributed by atoms with Gasteiger partial charge >= 0.3 is 0 Å². The van der Waals surface area contributed by atoms with Crippen LogP contribution in [-0.2, 0) is 4.79 Å². The number of fused-ring (bicyclic) bond motifs is 1. The van der Waals surface area contributed by atoms with E-state index in [1.54, 1.807) is 22.8 Å². The summed E-state index contributed by atoms with van der Waals surface area (Å²) in [5.74, 6) is -0.255. The molecular formula is C24H22ClN3O2S. The topological polar surface area (TPSA) is 64.0 Å². The first-order valence-corrected chi connectivity index (χ1v) is 11.3. The Labute approximate surface area is 189 Å². The van der Waals surface area contributed by atoms with Crippen molar-refractivity contribution >= 4 is 44.9 Å². The number of anilines is 1. The summed E-state index contributed by atoms with van der Waals surface area (Å²) in [6.07, 6.45) is 0.480. The van der Waals surface area contributed by atoms with Crippen LogP contribution in [0.3, 0.4) is 0 Å². The highest BCUT2D eigenvalue weighted by atomic mass is 35.5. The highest BCUT2D eigenvalue weighted by molar-refractivity contribution is 7.14. The van der Waals surface area contributed by atoms with Crippen LogP contribution in [0.4, 0.5) is 5.13 Å². The summed E-state index contributed by atoms with van der Waals surface area (Å²) in [6, 6.07) is 14.3. The van der Waals surface area contributed by atoms with Crippen LogP contribution in [0.1, 0.15) is 30.5 Å². The number of thiazole rings is 1. The van der Waals surface area contributed by atoms with Gasteiger partial charge in [-0.3, -0.25) is 14.2 Å². The molecule has 0 aliphatic heterocycles. The summed E-state index contributed by atoms with van der Waals surface area (Å²) in [7, 11) is 0. The van der Waals surface area contributed by atoms with Crippen LogP contribution in [-0.4, -0.2) is 15.5 Å². The molecule has 158 valence electrons. The molecule has 2 aromatic carbocycles. The molecule has 1 N–H and O–H groups in total. The van der Waals surface area contributed by atoms with Crippen molar-refractivity contribution in [1.82, 2.24) is 9.55 Å². The second kappa shape index (κ2) is 8.65. The zero-order valence-electron chi connectivity index (χ0n) is 17.5. The Morgan fingerprint density at radius 2 is 1.90 bits per heavy atom. The molecule has 0 saturated carbocycles. The number of nitrogens with one attached hydrogen (secondary N) is 1. The SMILES string of the molecule is CCC(C(=O)Nc1nc(-c2ccc(Cl)cc2)cs1)n1c(=O)cc(C)c2cccc(C)c21. The number of halogens is 1. The fourth-order valence-corrected chi connectivity index (χ4v) is 4.66. The molecule has 4 rings (SSSR count). The highest BCUT2D eigenvalue weighted by Crippen LogP contribution is 2.28. The predicted molar refractivity (Wildman–Crippen MR) is 128 cm³/mol. The number of aromatic nitrogens is 2. The molecular weight excluding hydrogens is 430 g/mol. The summed E-state index contributed by atoms with van der Waals surface area (Å²) >= 11 is 7.30. The van der Waals surface area contributed by atoms with Crippen LogP contribution >= 0.6 is 22.9 Å². The molecule has 1 atom stereocenters. The lowest BCUT2D eigenvalue weighted by molar-refractivity contribution is -0.119. The number of aryl methyl sites for hydroxylation is 2. The van der Waals surface area contributed by atoms with E-state index in [0.717, 1.165) is 33.3 Å². The van der Waals surface area contributed by atoms with Crippen LogP contribution in [0.5, 0.6) is 0 Å². The van der Waals surface area contributed by atoms with Gasteiger partial charge < -0.3 is 5.32 Å². The Kier molecular flexibility index (Phi) is 5.94. The van der Waals surface area contributed by atoms with Crippen molar-refractivity contribution in [3.05, 3.63) is 80.4 Å². The van der Waals surface area contributed by atoms with Gasteiger partial charge in [-0.15, -0.1) is 11.3 Å². The number of carbonyl (C=O) groups is 1. The van der Waals surface area contributed by atoms with Gasteiger partial charge in [-0.05, 0) is 43.5 Å². The number of rotatable bonds is 5. The third-order valence-corrected chi connectivity index (χ3v) is 6.37. The second-order valence-corrected chi connectivity index (χ2v) is 8.76. The number of hydrogen-bond acceptors (Lipinski definition) is 4.